The van der Waals surface area contributed by atoms with Crippen molar-refractivity contribution in [2.75, 3.05) is 12.5 Å². The number of ether oxygens (including phenoxy) is 1. The fraction of sp³-hybridized carbons (Fsp3) is 0.375. The maximum atomic E-state index is 5.34. The molecular formula is C16H20N2O. The lowest BCUT2D eigenvalue weighted by Gasteiger charge is -2.20. The smallest absolute Gasteiger partial charge is 0.119 e. The summed E-state index contributed by atoms with van der Waals surface area (Å²) in [5.41, 5.74) is 8.91. The highest BCUT2D eigenvalue weighted by Gasteiger charge is 2.23. The van der Waals surface area contributed by atoms with Gasteiger partial charge in [-0.1, -0.05) is 6.07 Å². The Hall–Kier alpha value is -1.90. The van der Waals surface area contributed by atoms with E-state index in [2.05, 4.69) is 48.2 Å². The molecule has 1 unspecified atom stereocenters. The van der Waals surface area contributed by atoms with Crippen molar-refractivity contribution in [3.8, 4) is 5.75 Å². The van der Waals surface area contributed by atoms with Gasteiger partial charge in [0.2, 0.25) is 0 Å². The predicted octanol–water partition coefficient (Wildman–Crippen LogP) is 3.34. The van der Waals surface area contributed by atoms with Crippen LogP contribution in [0.1, 0.15) is 35.0 Å². The van der Waals surface area contributed by atoms with Crippen LogP contribution in [0.4, 0.5) is 0 Å². The molecular weight excluding hydrogens is 236 g/mol. The molecule has 0 spiro atoms. The largest absolute Gasteiger partial charge is 0.497 e. The van der Waals surface area contributed by atoms with Gasteiger partial charge in [-0.25, -0.2) is 0 Å². The molecule has 3 rings (SSSR count). The number of fused-ring (bicyclic) bond motifs is 1. The van der Waals surface area contributed by atoms with Crippen molar-refractivity contribution >= 4 is 0 Å². The van der Waals surface area contributed by atoms with Gasteiger partial charge in [-0.05, 0) is 62.1 Å². The van der Waals surface area contributed by atoms with Crippen LogP contribution in [-0.4, -0.2) is 11.8 Å². The zero-order valence-corrected chi connectivity index (χ0v) is 11.7. The zero-order valence-electron chi connectivity index (χ0n) is 11.7. The molecule has 1 atom stereocenters. The van der Waals surface area contributed by atoms with E-state index in [-0.39, 0.29) is 0 Å². The van der Waals surface area contributed by atoms with Crippen LogP contribution in [-0.2, 0) is 6.42 Å². The second-order valence-corrected chi connectivity index (χ2v) is 5.24. The summed E-state index contributed by atoms with van der Waals surface area (Å²) in [6.45, 7) is 4.25. The van der Waals surface area contributed by atoms with Crippen molar-refractivity contribution in [3.05, 3.63) is 52.8 Å². The Morgan fingerprint density at radius 2 is 1.89 bits per heavy atom. The first-order valence-electron chi connectivity index (χ1n) is 6.77. The van der Waals surface area contributed by atoms with Gasteiger partial charge in [0.25, 0.3) is 0 Å². The van der Waals surface area contributed by atoms with Crippen LogP contribution in [0.5, 0.6) is 5.75 Å². The second-order valence-electron chi connectivity index (χ2n) is 5.24. The lowest BCUT2D eigenvalue weighted by Crippen LogP contribution is -2.21. The summed E-state index contributed by atoms with van der Waals surface area (Å²) < 4.78 is 7.52. The van der Waals surface area contributed by atoms with Crippen LogP contribution in [0, 0.1) is 13.8 Å². The molecule has 0 aliphatic heterocycles. The Morgan fingerprint density at radius 1 is 1.16 bits per heavy atom. The first-order chi connectivity index (χ1) is 9.19. The topological polar surface area (TPSA) is 26.2 Å². The van der Waals surface area contributed by atoms with Gasteiger partial charge in [-0.3, -0.25) is 4.68 Å². The lowest BCUT2D eigenvalue weighted by molar-refractivity contribution is 0.414. The fourth-order valence-electron chi connectivity index (χ4n) is 2.87. The number of methoxy groups -OCH3 is 1. The number of aryl methyl sites for hydroxylation is 3. The summed E-state index contributed by atoms with van der Waals surface area (Å²) in [7, 11) is 1.72. The Kier molecular flexibility index (Phi) is 2.97. The van der Waals surface area contributed by atoms with Gasteiger partial charge in [0.15, 0.2) is 0 Å². The highest BCUT2D eigenvalue weighted by molar-refractivity contribution is 5.42. The SMILES string of the molecule is COc1ccc2c(c1)C(Nn1c(C)ccc1C)CC2. The van der Waals surface area contributed by atoms with Crippen molar-refractivity contribution in [2.24, 2.45) is 0 Å². The summed E-state index contributed by atoms with van der Waals surface area (Å²) >= 11 is 0. The number of benzene rings is 1. The van der Waals surface area contributed by atoms with E-state index in [1.54, 1.807) is 7.11 Å². The summed E-state index contributed by atoms with van der Waals surface area (Å²) in [6.07, 6.45) is 2.27. The molecule has 1 aromatic carbocycles. The second kappa shape index (κ2) is 4.65. The van der Waals surface area contributed by atoms with Gasteiger partial charge in [-0.15, -0.1) is 0 Å². The van der Waals surface area contributed by atoms with Gasteiger partial charge >= 0.3 is 0 Å². The molecule has 2 aromatic rings. The molecule has 3 heteroatoms. The molecule has 0 saturated heterocycles. The van der Waals surface area contributed by atoms with E-state index in [1.165, 1.54) is 22.5 Å². The number of aromatic nitrogens is 1. The first-order valence-corrected chi connectivity index (χ1v) is 6.77. The Bertz CT molecular complexity index is 581. The van der Waals surface area contributed by atoms with Gasteiger partial charge in [0, 0.05) is 11.4 Å². The molecule has 0 saturated carbocycles. The van der Waals surface area contributed by atoms with E-state index >= 15 is 0 Å². The molecule has 1 aliphatic rings. The quantitative estimate of drug-likeness (QED) is 0.911. The minimum absolute atomic E-state index is 0.370. The number of nitrogens with one attached hydrogen (secondary N) is 1. The van der Waals surface area contributed by atoms with Crippen LogP contribution in [0.3, 0.4) is 0 Å². The van der Waals surface area contributed by atoms with E-state index in [9.17, 15) is 0 Å². The molecule has 0 amide bonds. The zero-order chi connectivity index (χ0) is 13.4. The van der Waals surface area contributed by atoms with Crippen LogP contribution in [0.15, 0.2) is 30.3 Å². The van der Waals surface area contributed by atoms with Crippen LogP contribution in [0.25, 0.3) is 0 Å². The van der Waals surface area contributed by atoms with Crippen molar-refractivity contribution in [2.45, 2.75) is 32.7 Å². The number of hydrogen-bond donors (Lipinski definition) is 1. The molecule has 100 valence electrons. The molecule has 1 heterocycles. The summed E-state index contributed by atoms with van der Waals surface area (Å²) in [6, 6.07) is 11.1. The predicted molar refractivity (Wildman–Crippen MR) is 77.3 cm³/mol. The van der Waals surface area contributed by atoms with E-state index < -0.39 is 0 Å². The van der Waals surface area contributed by atoms with Gasteiger partial charge in [-0.2, -0.15) is 0 Å². The number of nitrogens with zero attached hydrogens (tertiary/aromatic N) is 1. The molecule has 19 heavy (non-hydrogen) atoms. The summed E-state index contributed by atoms with van der Waals surface area (Å²) in [5, 5.41) is 0. The van der Waals surface area contributed by atoms with Crippen molar-refractivity contribution in [3.63, 3.8) is 0 Å². The van der Waals surface area contributed by atoms with Gasteiger partial charge < -0.3 is 10.2 Å². The number of hydrogen-bond acceptors (Lipinski definition) is 2. The Labute approximate surface area is 114 Å². The highest BCUT2D eigenvalue weighted by Crippen LogP contribution is 2.34. The van der Waals surface area contributed by atoms with Crippen LogP contribution in [0.2, 0.25) is 0 Å². The average molecular weight is 256 g/mol. The lowest BCUT2D eigenvalue weighted by atomic mass is 10.1. The molecule has 0 fully saturated rings. The minimum atomic E-state index is 0.370. The van der Waals surface area contributed by atoms with Gasteiger partial charge in [0.1, 0.15) is 5.75 Å². The molecule has 0 bridgehead atoms. The maximum Gasteiger partial charge on any atom is 0.119 e. The Balaban J connectivity index is 1.90. The molecule has 1 aromatic heterocycles. The number of rotatable bonds is 3. The molecule has 0 radical (unpaired) electrons. The van der Waals surface area contributed by atoms with Crippen molar-refractivity contribution in [1.29, 1.82) is 0 Å². The molecule has 1 N–H and O–H groups in total. The van der Waals surface area contributed by atoms with Crippen LogP contribution < -0.4 is 10.2 Å². The van der Waals surface area contributed by atoms with E-state index in [4.69, 9.17) is 4.74 Å². The first kappa shape index (κ1) is 12.2. The third-order valence-electron chi connectivity index (χ3n) is 3.99. The van der Waals surface area contributed by atoms with E-state index in [0.29, 0.717) is 6.04 Å². The molecule has 1 aliphatic carbocycles. The van der Waals surface area contributed by atoms with E-state index in [1.807, 2.05) is 6.07 Å². The standard InChI is InChI=1S/C16H20N2O/c1-11-4-5-12(2)18(11)17-16-9-7-13-6-8-14(19-3)10-15(13)16/h4-6,8,10,16-17H,7,9H2,1-3H3. The third kappa shape index (κ3) is 2.09. The Morgan fingerprint density at radius 3 is 2.58 bits per heavy atom. The summed E-state index contributed by atoms with van der Waals surface area (Å²) in [4.78, 5) is 0. The monoisotopic (exact) mass is 256 g/mol. The van der Waals surface area contributed by atoms with Crippen molar-refractivity contribution in [1.82, 2.24) is 4.68 Å². The van der Waals surface area contributed by atoms with Gasteiger partial charge in [0.05, 0.1) is 13.2 Å². The molecule has 3 nitrogen and oxygen atoms in total. The maximum absolute atomic E-state index is 5.34. The third-order valence-corrected chi connectivity index (χ3v) is 3.99. The fourth-order valence-corrected chi connectivity index (χ4v) is 2.87. The summed E-state index contributed by atoms with van der Waals surface area (Å²) in [5.74, 6) is 0.938. The minimum Gasteiger partial charge on any atom is -0.497 e. The van der Waals surface area contributed by atoms with Crippen LogP contribution >= 0.6 is 0 Å². The van der Waals surface area contributed by atoms with Crippen molar-refractivity contribution < 1.29 is 4.74 Å². The normalized spacial score (nSPS) is 17.3. The average Bonchev–Trinajstić information content (AvgIpc) is 2.97. The highest BCUT2D eigenvalue weighted by atomic mass is 16.5. The van der Waals surface area contributed by atoms with E-state index in [0.717, 1.165) is 18.6 Å².